The second-order valence-electron chi connectivity index (χ2n) is 9.28. The Morgan fingerprint density at radius 3 is 2.67 bits per heavy atom. The van der Waals surface area contributed by atoms with Crippen LogP contribution in [0.1, 0.15) is 76.0 Å². The van der Waals surface area contributed by atoms with Crippen LogP contribution in [0.2, 0.25) is 0 Å². The molecule has 0 radical (unpaired) electrons. The van der Waals surface area contributed by atoms with Crippen molar-refractivity contribution in [3.8, 4) is 0 Å². The first-order chi connectivity index (χ1) is 12.8. The highest BCUT2D eigenvalue weighted by atomic mass is 32.1. The summed E-state index contributed by atoms with van der Waals surface area (Å²) in [5.74, 6) is 0.965. The zero-order chi connectivity index (χ0) is 19.8. The molecule has 2 atom stereocenters. The minimum Gasteiger partial charge on any atom is -0.384 e. The SMILES string of the molecule is CCCC(CCCCCS)C1(O)c2c(c(F)cc3c2N(C)CC3)CC1(C)C. The summed E-state index contributed by atoms with van der Waals surface area (Å²) in [4.78, 5) is 2.23. The minimum atomic E-state index is -0.968. The van der Waals surface area contributed by atoms with Gasteiger partial charge < -0.3 is 10.0 Å². The van der Waals surface area contributed by atoms with Gasteiger partial charge in [0.2, 0.25) is 0 Å². The van der Waals surface area contributed by atoms with Crippen LogP contribution in [-0.2, 0) is 18.4 Å². The number of nitrogens with zero attached hydrogens (tertiary/aromatic N) is 1. The van der Waals surface area contributed by atoms with Gasteiger partial charge in [-0.15, -0.1) is 0 Å². The molecule has 0 saturated heterocycles. The number of halogens is 1. The molecule has 2 aliphatic rings. The highest BCUT2D eigenvalue weighted by Crippen LogP contribution is 2.60. The molecule has 0 aromatic heterocycles. The molecule has 1 aliphatic carbocycles. The highest BCUT2D eigenvalue weighted by molar-refractivity contribution is 7.80. The average Bonchev–Trinajstić information content (AvgIpc) is 3.07. The number of thiol groups is 1. The number of hydrogen-bond acceptors (Lipinski definition) is 3. The standard InChI is InChI=1S/C23H36FNOS/c1-5-9-17(10-7-6-8-13-27)23(26)20-18(15-22(23,2)3)19(24)14-16-11-12-25(4)21(16)20/h14,17,26-27H,5-13,15H2,1-4H3. The van der Waals surface area contributed by atoms with E-state index in [0.717, 1.165) is 79.6 Å². The molecule has 152 valence electrons. The van der Waals surface area contributed by atoms with Crippen LogP contribution in [0, 0.1) is 17.2 Å². The first-order valence-electron chi connectivity index (χ1n) is 10.7. The van der Waals surface area contributed by atoms with E-state index in [9.17, 15) is 5.11 Å². The molecule has 1 aromatic rings. The van der Waals surface area contributed by atoms with E-state index >= 15 is 4.39 Å². The maximum atomic E-state index is 15.0. The third-order valence-corrected chi connectivity index (χ3v) is 7.32. The van der Waals surface area contributed by atoms with Gasteiger partial charge in [-0.2, -0.15) is 12.6 Å². The van der Waals surface area contributed by atoms with E-state index in [1.807, 2.05) is 0 Å². The van der Waals surface area contributed by atoms with Crippen molar-refractivity contribution in [3.63, 3.8) is 0 Å². The van der Waals surface area contributed by atoms with E-state index in [4.69, 9.17) is 0 Å². The Labute approximate surface area is 169 Å². The molecule has 3 rings (SSSR count). The van der Waals surface area contributed by atoms with E-state index < -0.39 is 5.60 Å². The molecule has 27 heavy (non-hydrogen) atoms. The molecule has 0 fully saturated rings. The fraction of sp³-hybridized carbons (Fsp3) is 0.739. The normalized spacial score (nSPS) is 24.2. The van der Waals surface area contributed by atoms with Gasteiger partial charge in [0.15, 0.2) is 0 Å². The third kappa shape index (κ3) is 3.42. The average molecular weight is 394 g/mol. The molecule has 0 saturated carbocycles. The molecule has 2 nitrogen and oxygen atoms in total. The number of hydrogen-bond donors (Lipinski definition) is 2. The smallest absolute Gasteiger partial charge is 0.127 e. The van der Waals surface area contributed by atoms with Crippen molar-refractivity contribution < 1.29 is 9.50 Å². The molecular formula is C23H36FNOS. The maximum absolute atomic E-state index is 15.0. The van der Waals surface area contributed by atoms with Crippen LogP contribution in [0.3, 0.4) is 0 Å². The van der Waals surface area contributed by atoms with Gasteiger partial charge in [0, 0.05) is 30.3 Å². The van der Waals surface area contributed by atoms with Crippen molar-refractivity contribution in [1.29, 1.82) is 0 Å². The molecule has 0 bridgehead atoms. The summed E-state index contributed by atoms with van der Waals surface area (Å²) in [7, 11) is 2.08. The van der Waals surface area contributed by atoms with E-state index in [1.54, 1.807) is 6.07 Å². The predicted molar refractivity (Wildman–Crippen MR) is 115 cm³/mol. The third-order valence-electron chi connectivity index (χ3n) is 7.00. The summed E-state index contributed by atoms with van der Waals surface area (Å²) in [5, 5.41) is 12.3. The van der Waals surface area contributed by atoms with E-state index in [0.29, 0.717) is 6.42 Å². The van der Waals surface area contributed by atoms with Crippen LogP contribution in [0.25, 0.3) is 0 Å². The summed E-state index contributed by atoms with van der Waals surface area (Å²) in [6.07, 6.45) is 7.87. The molecular weight excluding hydrogens is 357 g/mol. The Bertz CT molecular complexity index is 689. The first kappa shape index (κ1) is 21.0. The fourth-order valence-corrected chi connectivity index (χ4v) is 5.83. The van der Waals surface area contributed by atoms with Gasteiger partial charge in [0.05, 0.1) is 0 Å². The predicted octanol–water partition coefficient (Wildman–Crippen LogP) is 5.49. The summed E-state index contributed by atoms with van der Waals surface area (Å²) in [6, 6.07) is 1.72. The summed E-state index contributed by atoms with van der Waals surface area (Å²) < 4.78 is 15.0. The van der Waals surface area contributed by atoms with Crippen molar-refractivity contribution >= 4 is 18.3 Å². The van der Waals surface area contributed by atoms with Crippen LogP contribution < -0.4 is 4.90 Å². The number of anilines is 1. The van der Waals surface area contributed by atoms with Gasteiger partial charge in [0.25, 0.3) is 0 Å². The highest BCUT2D eigenvalue weighted by Gasteiger charge is 2.57. The van der Waals surface area contributed by atoms with Crippen molar-refractivity contribution in [3.05, 3.63) is 28.6 Å². The Balaban J connectivity index is 2.08. The molecule has 4 heteroatoms. The minimum absolute atomic E-state index is 0.117. The molecule has 2 unspecified atom stereocenters. The number of aliphatic hydroxyl groups is 1. The molecule has 1 heterocycles. The monoisotopic (exact) mass is 393 g/mol. The van der Waals surface area contributed by atoms with Gasteiger partial charge in [-0.3, -0.25) is 0 Å². The number of likely N-dealkylation sites (N-methyl/N-ethyl adjacent to an activating group) is 1. The summed E-state index contributed by atoms with van der Waals surface area (Å²) >= 11 is 4.32. The van der Waals surface area contributed by atoms with Crippen LogP contribution in [0.15, 0.2) is 6.07 Å². The lowest BCUT2D eigenvalue weighted by Gasteiger charge is -2.45. The topological polar surface area (TPSA) is 23.5 Å². The summed E-state index contributed by atoms with van der Waals surface area (Å²) in [6.45, 7) is 7.35. The lowest BCUT2D eigenvalue weighted by molar-refractivity contribution is -0.113. The van der Waals surface area contributed by atoms with Crippen LogP contribution in [0.4, 0.5) is 10.1 Å². The van der Waals surface area contributed by atoms with Gasteiger partial charge in [0.1, 0.15) is 11.4 Å². The van der Waals surface area contributed by atoms with Crippen molar-refractivity contribution in [2.24, 2.45) is 11.3 Å². The second-order valence-corrected chi connectivity index (χ2v) is 9.72. The Kier molecular flexibility index (Phi) is 6.17. The maximum Gasteiger partial charge on any atom is 0.127 e. The second kappa shape index (κ2) is 7.94. The Morgan fingerprint density at radius 1 is 1.26 bits per heavy atom. The lowest BCUT2D eigenvalue weighted by Crippen LogP contribution is -2.45. The molecule has 1 N–H and O–H groups in total. The van der Waals surface area contributed by atoms with E-state index in [2.05, 4.69) is 45.3 Å². The van der Waals surface area contributed by atoms with Crippen molar-refractivity contribution in [1.82, 2.24) is 0 Å². The van der Waals surface area contributed by atoms with Crippen LogP contribution in [-0.4, -0.2) is 24.5 Å². The van der Waals surface area contributed by atoms with Gasteiger partial charge >= 0.3 is 0 Å². The summed E-state index contributed by atoms with van der Waals surface area (Å²) in [5.41, 5.74) is 2.51. The van der Waals surface area contributed by atoms with E-state index in [-0.39, 0.29) is 17.2 Å². The van der Waals surface area contributed by atoms with Crippen LogP contribution in [0.5, 0.6) is 0 Å². The molecule has 1 aliphatic heterocycles. The van der Waals surface area contributed by atoms with Crippen molar-refractivity contribution in [2.75, 3.05) is 24.2 Å². The van der Waals surface area contributed by atoms with Gasteiger partial charge in [-0.1, -0.05) is 40.0 Å². The quantitative estimate of drug-likeness (QED) is 0.450. The van der Waals surface area contributed by atoms with E-state index in [1.165, 1.54) is 0 Å². The lowest BCUT2D eigenvalue weighted by atomic mass is 9.65. The molecule has 0 spiro atoms. The number of fused-ring (bicyclic) bond motifs is 3. The number of rotatable bonds is 8. The van der Waals surface area contributed by atoms with Gasteiger partial charge in [-0.05, 0) is 61.0 Å². The molecule has 0 amide bonds. The first-order valence-corrected chi connectivity index (χ1v) is 11.3. The van der Waals surface area contributed by atoms with Crippen molar-refractivity contribution in [2.45, 2.75) is 77.7 Å². The largest absolute Gasteiger partial charge is 0.384 e. The van der Waals surface area contributed by atoms with Gasteiger partial charge in [-0.25, -0.2) is 4.39 Å². The zero-order valence-electron chi connectivity index (χ0n) is 17.4. The van der Waals surface area contributed by atoms with Crippen LogP contribution >= 0.6 is 12.6 Å². The Hall–Kier alpha value is -0.740. The number of benzene rings is 1. The Morgan fingerprint density at radius 2 is 2.00 bits per heavy atom. The fourth-order valence-electron chi connectivity index (χ4n) is 5.60. The zero-order valence-corrected chi connectivity index (χ0v) is 18.3. The molecule has 1 aromatic carbocycles. The number of unbranched alkanes of at least 4 members (excludes halogenated alkanes) is 2.